The van der Waals surface area contributed by atoms with Crippen molar-refractivity contribution in [3.8, 4) is 28.4 Å². The second-order valence-electron chi connectivity index (χ2n) is 17.8. The maximum Gasteiger partial charge on any atom is 0.294 e. The Morgan fingerprint density at radius 3 is 2.32 bits per heavy atom. The van der Waals surface area contributed by atoms with Crippen molar-refractivity contribution in [2.24, 2.45) is 0 Å². The number of furan rings is 1. The summed E-state index contributed by atoms with van der Waals surface area (Å²) in [6.45, 7) is 20.4. The fraction of sp³-hybridized carbons (Fsp3) is 0.543. The topological polar surface area (TPSA) is 149 Å². The minimum Gasteiger partial charge on any atom is -0.494 e. The minimum absolute atomic E-state index is 0.00000978. The number of benzene rings is 2. The van der Waals surface area contributed by atoms with Crippen LogP contribution in [0.4, 0.5) is 23.0 Å². The van der Waals surface area contributed by atoms with Crippen LogP contribution in [0.5, 0.6) is 5.75 Å². The molecule has 2 aliphatic heterocycles. The fourth-order valence-corrected chi connectivity index (χ4v) is 15.6. The van der Waals surface area contributed by atoms with Gasteiger partial charge < -0.3 is 38.0 Å². The summed E-state index contributed by atoms with van der Waals surface area (Å²) in [5.41, 5.74) is 6.13. The lowest BCUT2D eigenvalue weighted by atomic mass is 10.0. The summed E-state index contributed by atoms with van der Waals surface area (Å²) in [5, 5.41) is 16.9. The molecular formula is C46H65N9O6Si. The van der Waals surface area contributed by atoms with E-state index in [1.54, 1.807) is 32.7 Å². The van der Waals surface area contributed by atoms with Crippen LogP contribution in [-0.2, 0) is 22.3 Å². The van der Waals surface area contributed by atoms with Crippen molar-refractivity contribution in [3.05, 3.63) is 70.9 Å². The van der Waals surface area contributed by atoms with Crippen molar-refractivity contribution in [2.75, 3.05) is 77.4 Å². The molecule has 5 aromatic rings. The number of aryl methyl sites for hydroxylation is 1. The van der Waals surface area contributed by atoms with Crippen LogP contribution in [0.3, 0.4) is 0 Å². The van der Waals surface area contributed by atoms with Crippen LogP contribution in [0, 0.1) is 10.1 Å². The monoisotopic (exact) mass is 867 g/mol. The van der Waals surface area contributed by atoms with Crippen LogP contribution in [0.25, 0.3) is 33.6 Å². The molecule has 334 valence electrons. The van der Waals surface area contributed by atoms with E-state index < -0.39 is 8.32 Å². The molecule has 0 amide bonds. The van der Waals surface area contributed by atoms with E-state index in [2.05, 4.69) is 78.2 Å². The van der Waals surface area contributed by atoms with E-state index in [-0.39, 0.29) is 23.3 Å². The number of imidazole rings is 1. The smallest absolute Gasteiger partial charge is 0.294 e. The summed E-state index contributed by atoms with van der Waals surface area (Å²) in [4.78, 5) is 34.3. The van der Waals surface area contributed by atoms with E-state index in [4.69, 9.17) is 28.3 Å². The molecular weight excluding hydrogens is 803 g/mol. The summed E-state index contributed by atoms with van der Waals surface area (Å²) < 4.78 is 26.5. The molecule has 2 saturated heterocycles. The Morgan fingerprint density at radius 2 is 1.66 bits per heavy atom. The predicted molar refractivity (Wildman–Crippen MR) is 248 cm³/mol. The third-order valence-corrected chi connectivity index (χ3v) is 19.3. The number of nitro groups is 1. The van der Waals surface area contributed by atoms with Gasteiger partial charge in [-0.05, 0) is 61.1 Å². The molecule has 62 heavy (non-hydrogen) atoms. The van der Waals surface area contributed by atoms with Crippen molar-refractivity contribution in [2.45, 2.75) is 96.6 Å². The maximum atomic E-state index is 12.7. The zero-order chi connectivity index (χ0) is 44.1. The number of nitrogens with zero attached hydrogens (tertiary/aromatic N) is 8. The highest BCUT2D eigenvalue weighted by molar-refractivity contribution is 6.77. The van der Waals surface area contributed by atoms with Crippen molar-refractivity contribution in [3.63, 3.8) is 0 Å². The number of fused-ring (bicyclic) bond motifs is 1. The zero-order valence-electron chi connectivity index (χ0n) is 38.0. The minimum atomic E-state index is -2.04. The second-order valence-corrected chi connectivity index (χ2v) is 23.2. The van der Waals surface area contributed by atoms with E-state index in [0.717, 1.165) is 92.3 Å². The molecule has 2 aromatic carbocycles. The zero-order valence-corrected chi connectivity index (χ0v) is 39.0. The number of nitro benzene ring substituents is 1. The fourth-order valence-electron chi connectivity index (χ4n) is 10.1. The molecule has 0 radical (unpaired) electrons. The van der Waals surface area contributed by atoms with Gasteiger partial charge in [0.2, 0.25) is 5.95 Å². The Labute approximate surface area is 367 Å². The van der Waals surface area contributed by atoms with Crippen molar-refractivity contribution < 1.29 is 23.2 Å². The van der Waals surface area contributed by atoms with Gasteiger partial charge in [-0.25, -0.2) is 15.0 Å². The molecule has 0 bridgehead atoms. The standard InChI is InChI=1S/C46H65N9O6Si/c1-31(2)62(32(3)4,33(5)6)61-25-10-11-43-50-44(35-13-12-34-17-26-60-41(34)27-35)45(54(43)30-58-8)37-14-18-47-46(48-37)49-38-28-40(55(56)57)39(29-42(38)59-9)53-19-15-36(16-20-53)52-23-21-51(7)22-24-52/h12-14,17-18,26-29,31-33,36H,10-11,15-16,19-25,30H2,1-9H3,(H,47,48,49). The first-order valence-corrected chi connectivity index (χ1v) is 24.3. The van der Waals surface area contributed by atoms with Gasteiger partial charge in [-0.1, -0.05) is 53.7 Å². The average Bonchev–Trinajstić information content (AvgIpc) is 3.88. The Hall–Kier alpha value is -4.87. The molecule has 7 rings (SSSR count). The summed E-state index contributed by atoms with van der Waals surface area (Å²) in [6.07, 6.45) is 6.71. The number of hydrogen-bond acceptors (Lipinski definition) is 13. The molecule has 1 N–H and O–H groups in total. The van der Waals surface area contributed by atoms with Crippen LogP contribution in [0.1, 0.15) is 66.6 Å². The summed E-state index contributed by atoms with van der Waals surface area (Å²) >= 11 is 0. The lowest BCUT2D eigenvalue weighted by Crippen LogP contribution is -2.52. The van der Waals surface area contributed by atoms with E-state index in [0.29, 0.717) is 58.5 Å². The van der Waals surface area contributed by atoms with Gasteiger partial charge in [0.25, 0.3) is 5.69 Å². The molecule has 2 aliphatic rings. The van der Waals surface area contributed by atoms with E-state index in [1.807, 2.05) is 30.3 Å². The third-order valence-electron chi connectivity index (χ3n) is 13.1. The Kier molecular flexibility index (Phi) is 14.3. The molecule has 0 spiro atoms. The first-order valence-electron chi connectivity index (χ1n) is 22.2. The van der Waals surface area contributed by atoms with Crippen LogP contribution in [0.2, 0.25) is 16.6 Å². The van der Waals surface area contributed by atoms with Crippen LogP contribution in [-0.4, -0.2) is 116 Å². The molecule has 0 saturated carbocycles. The van der Waals surface area contributed by atoms with E-state index >= 15 is 0 Å². The quantitative estimate of drug-likeness (QED) is 0.0386. The van der Waals surface area contributed by atoms with Crippen molar-refractivity contribution in [1.29, 1.82) is 0 Å². The molecule has 0 atom stereocenters. The Morgan fingerprint density at radius 1 is 0.935 bits per heavy atom. The van der Waals surface area contributed by atoms with Crippen LogP contribution < -0.4 is 15.0 Å². The van der Waals surface area contributed by atoms with E-state index in [9.17, 15) is 10.1 Å². The molecule has 2 fully saturated rings. The number of rotatable bonds is 18. The summed E-state index contributed by atoms with van der Waals surface area (Å²) in [7, 11) is 3.37. The molecule has 0 unspecified atom stereocenters. The average molecular weight is 868 g/mol. The van der Waals surface area contributed by atoms with Gasteiger partial charge in [0, 0.05) is 94.7 Å². The van der Waals surface area contributed by atoms with Gasteiger partial charge in [-0.15, -0.1) is 0 Å². The highest BCUT2D eigenvalue weighted by Gasteiger charge is 2.45. The van der Waals surface area contributed by atoms with Crippen LogP contribution in [0.15, 0.2) is 59.3 Å². The summed E-state index contributed by atoms with van der Waals surface area (Å²) in [6, 6.07) is 13.6. The van der Waals surface area contributed by atoms with Gasteiger partial charge >= 0.3 is 0 Å². The molecule has 16 heteroatoms. The predicted octanol–water partition coefficient (Wildman–Crippen LogP) is 9.36. The molecule has 5 heterocycles. The van der Waals surface area contributed by atoms with Gasteiger partial charge in [0.1, 0.15) is 29.6 Å². The first-order chi connectivity index (χ1) is 29.8. The number of likely N-dealkylation sites (N-methyl/N-ethyl adjacent to an activating group) is 1. The van der Waals surface area contributed by atoms with Gasteiger partial charge in [0.05, 0.1) is 41.1 Å². The highest BCUT2D eigenvalue weighted by atomic mass is 28.4. The lowest BCUT2D eigenvalue weighted by Gasteiger charge is -2.42. The highest BCUT2D eigenvalue weighted by Crippen LogP contribution is 2.43. The number of piperidine rings is 1. The SMILES string of the molecule is COCn1c(CCCO[Si](C(C)C)(C(C)C)C(C)C)nc(-c2ccc3ccoc3c2)c1-c1ccnc(Nc2cc([N+](=O)[O-])c(N3CCC(N4CCN(C)CC4)CC3)cc2OC)n1. The molecule has 15 nitrogen and oxygen atoms in total. The number of nitrogens with one attached hydrogen (secondary N) is 1. The second kappa shape index (κ2) is 19.7. The Bertz CT molecular complexity index is 2270. The third kappa shape index (κ3) is 9.39. The number of anilines is 3. The Balaban J connectivity index is 1.19. The van der Waals surface area contributed by atoms with Crippen LogP contribution >= 0.6 is 0 Å². The maximum absolute atomic E-state index is 12.7. The normalized spacial score (nSPS) is 16.0. The number of ether oxygens (including phenoxy) is 2. The summed E-state index contributed by atoms with van der Waals surface area (Å²) in [5.74, 6) is 1.56. The first kappa shape index (κ1) is 45.2. The molecule has 0 aliphatic carbocycles. The number of aromatic nitrogens is 4. The lowest BCUT2D eigenvalue weighted by molar-refractivity contribution is -0.384. The van der Waals surface area contributed by atoms with E-state index in [1.165, 1.54) is 6.07 Å². The van der Waals surface area contributed by atoms with Crippen molar-refractivity contribution in [1.82, 2.24) is 29.3 Å². The number of methoxy groups -OCH3 is 2. The van der Waals surface area contributed by atoms with Gasteiger partial charge in [-0.3, -0.25) is 15.0 Å². The largest absolute Gasteiger partial charge is 0.494 e. The van der Waals surface area contributed by atoms with Gasteiger partial charge in [-0.2, -0.15) is 0 Å². The molecule has 3 aromatic heterocycles. The van der Waals surface area contributed by atoms with Crippen molar-refractivity contribution >= 4 is 42.3 Å². The number of piperazine rings is 1. The van der Waals surface area contributed by atoms with Gasteiger partial charge in [0.15, 0.2) is 8.32 Å². The number of hydrogen-bond donors (Lipinski definition) is 1.